The molecule has 1 rings (SSSR count). The maximum absolute atomic E-state index is 10.6. The summed E-state index contributed by atoms with van der Waals surface area (Å²) >= 11 is 21.5. The van der Waals surface area contributed by atoms with Gasteiger partial charge in [-0.2, -0.15) is 0 Å². The van der Waals surface area contributed by atoms with E-state index < -0.39 is 70.2 Å². The fraction of sp³-hybridized carbons (Fsp3) is 1.00. The number of aliphatic hydroxyl groups excluding tert-OH is 1. The molecule has 6 atom stereocenters. The zero-order valence-corrected chi connectivity index (χ0v) is 23.3. The highest BCUT2D eigenvalue weighted by Gasteiger charge is 2.59. The molecule has 0 bridgehead atoms. The van der Waals surface area contributed by atoms with E-state index >= 15 is 0 Å². The van der Waals surface area contributed by atoms with Gasteiger partial charge >= 0.3 is 33.6 Å². The Labute approximate surface area is 205 Å². The van der Waals surface area contributed by atoms with Gasteiger partial charge in [-0.15, -0.1) is 0 Å². The van der Waals surface area contributed by atoms with Crippen LogP contribution in [-0.4, -0.2) is 90.7 Å². The fourth-order valence-corrected chi connectivity index (χ4v) is 6.82. The van der Waals surface area contributed by atoms with Gasteiger partial charge in [0.25, 0.3) is 0 Å². The van der Waals surface area contributed by atoms with Crippen molar-refractivity contribution >= 4 is 92.6 Å². The number of rotatable bonds is 10. The Bertz CT molecular complexity index is 841. The first-order chi connectivity index (χ1) is 13.9. The average molecular weight is 660 g/mol. The van der Waals surface area contributed by atoms with E-state index in [0.717, 1.165) is 0 Å². The second kappa shape index (κ2) is 11.6. The molecule has 1 aliphatic rings. The van der Waals surface area contributed by atoms with Crippen LogP contribution in [0, 0.1) is 0 Å². The molecule has 0 spiro atoms. The number of hydrogen-bond acceptors (Lipinski definition) is 11. The molecule has 0 aromatic heterocycles. The van der Waals surface area contributed by atoms with Gasteiger partial charge in [0.15, 0.2) is 0 Å². The van der Waals surface area contributed by atoms with Gasteiger partial charge in [0.05, 0.1) is 0 Å². The maximum atomic E-state index is 10.6. The number of hydrogen-bond donors (Lipinski definition) is 11. The molecule has 32 heavy (non-hydrogen) atoms. The molecular weight excluding hydrogens is 643 g/mol. The predicted molar refractivity (Wildman–Crippen MR) is 124 cm³/mol. The van der Waals surface area contributed by atoms with E-state index in [9.17, 15) is 54.0 Å². The van der Waals surface area contributed by atoms with Gasteiger partial charge in [-0.3, -0.25) is 22.6 Å². The molecule has 0 radical (unpaired) electrons. The highest BCUT2D eigenvalue weighted by molar-refractivity contribution is 8.07. The predicted octanol–water partition coefficient (Wildman–Crippen LogP) is -2.67. The second-order valence-corrected chi connectivity index (χ2v) is 18.9. The van der Waals surface area contributed by atoms with Crippen LogP contribution < -0.4 is 0 Å². The van der Waals surface area contributed by atoms with Gasteiger partial charge < -0.3 is 54.0 Å². The van der Waals surface area contributed by atoms with Crippen molar-refractivity contribution in [3.63, 3.8) is 0 Å². The first-order valence-electron chi connectivity index (χ1n) is 7.26. The minimum atomic E-state index is -4.79. The minimum Gasteiger partial charge on any atom is -0.387 e. The minimum absolute atomic E-state index is 2.26. The molecule has 1 saturated carbocycles. The Balaban J connectivity index is 3.77. The Morgan fingerprint density at radius 2 is 0.531 bits per heavy atom. The summed E-state index contributed by atoms with van der Waals surface area (Å²) in [5.41, 5.74) is 0. The first-order valence-corrected chi connectivity index (χ1v) is 20.4. The van der Waals surface area contributed by atoms with Crippen molar-refractivity contribution in [3.8, 4) is 0 Å². The van der Waals surface area contributed by atoms with Crippen LogP contribution >= 0.6 is 33.6 Å². The summed E-state index contributed by atoms with van der Waals surface area (Å²) in [5.74, 6) is 0. The van der Waals surface area contributed by atoms with Crippen LogP contribution in [0.15, 0.2) is 0 Å². The third-order valence-electron chi connectivity index (χ3n) is 3.26. The average Bonchev–Trinajstić information content (AvgIpc) is 2.45. The molecule has 0 aromatic carbocycles. The summed E-state index contributed by atoms with van der Waals surface area (Å²) in [4.78, 5) is 95.5. The van der Waals surface area contributed by atoms with Crippen LogP contribution in [0.5, 0.6) is 0 Å². The third-order valence-corrected chi connectivity index (χ3v) is 7.14. The highest BCUT2D eigenvalue weighted by atomic mass is 32.5. The maximum Gasteiger partial charge on any atom is 0.322 e. The molecule has 192 valence electrons. The smallest absolute Gasteiger partial charge is 0.322 e. The van der Waals surface area contributed by atoms with E-state index in [0.29, 0.717) is 0 Å². The monoisotopic (exact) mass is 660 g/mol. The van der Waals surface area contributed by atoms with Crippen molar-refractivity contribution in [2.24, 2.45) is 0 Å². The molecule has 1 aliphatic carbocycles. The van der Waals surface area contributed by atoms with Crippen molar-refractivity contribution < 1.29 is 76.7 Å². The molecule has 0 heterocycles. The molecular formula is C6H17O16P5S5. The van der Waals surface area contributed by atoms with Gasteiger partial charge in [0, 0.05) is 0 Å². The quantitative estimate of drug-likeness (QED) is 0.107. The zero-order chi connectivity index (χ0) is 25.5. The van der Waals surface area contributed by atoms with E-state index in [-0.39, 0.29) is 0 Å². The van der Waals surface area contributed by atoms with Crippen molar-refractivity contribution in [2.45, 2.75) is 36.6 Å². The Kier molecular flexibility index (Phi) is 11.8. The zero-order valence-electron chi connectivity index (χ0n) is 14.7. The standard InChI is InChI=1S/C6H17O16P5S5/c7-1-2(18-23(8,9)28)4(20-25(12,13)30)6(22-27(16,17)32)5(21-26(14,15)31)3(1)19-24(10,11)29/h1-7H,(H2,8,9,28)(H2,10,11,29)(H2,12,13,30)(H2,14,15,31)(H2,16,17,32)/t1?,2-,3+,4+,5-,6?. The summed E-state index contributed by atoms with van der Waals surface area (Å²) in [5, 5.41) is 10.6. The van der Waals surface area contributed by atoms with E-state index in [4.69, 9.17) is 22.6 Å². The summed E-state index contributed by atoms with van der Waals surface area (Å²) < 4.78 is 23.7. The molecule has 0 aromatic rings. The van der Waals surface area contributed by atoms with E-state index in [1.165, 1.54) is 0 Å². The van der Waals surface area contributed by atoms with Gasteiger partial charge in [0.1, 0.15) is 36.6 Å². The molecule has 26 heteroatoms. The largest absolute Gasteiger partial charge is 0.387 e. The van der Waals surface area contributed by atoms with Crippen molar-refractivity contribution in [1.29, 1.82) is 0 Å². The number of aliphatic hydroxyl groups is 1. The van der Waals surface area contributed by atoms with Crippen LogP contribution in [0.25, 0.3) is 0 Å². The lowest BCUT2D eigenvalue weighted by atomic mass is 9.85. The normalized spacial score (nSPS) is 31.0. The van der Waals surface area contributed by atoms with Crippen molar-refractivity contribution in [1.82, 2.24) is 0 Å². The van der Waals surface area contributed by atoms with Crippen molar-refractivity contribution in [3.05, 3.63) is 0 Å². The summed E-state index contributed by atoms with van der Waals surface area (Å²) in [6.07, 6.45) is -13.7. The topological polar surface area (TPSA) is 269 Å². The van der Waals surface area contributed by atoms with Gasteiger partial charge in [-0.05, 0) is 59.0 Å². The van der Waals surface area contributed by atoms with Crippen LogP contribution in [-0.2, 0) is 81.7 Å². The molecule has 16 nitrogen and oxygen atoms in total. The second-order valence-electron chi connectivity index (χ2n) is 5.79. The summed E-state index contributed by atoms with van der Waals surface area (Å²) in [6.45, 7) is -23.8. The lowest BCUT2D eigenvalue weighted by molar-refractivity contribution is -0.197. The Hall–Kier alpha value is 2.61. The van der Waals surface area contributed by atoms with E-state index in [1.54, 1.807) is 0 Å². The highest BCUT2D eigenvalue weighted by Crippen LogP contribution is 2.55. The van der Waals surface area contributed by atoms with Gasteiger partial charge in [-0.1, -0.05) is 0 Å². The molecule has 0 aliphatic heterocycles. The fourth-order valence-electron chi connectivity index (χ4n) is 2.53. The first kappa shape index (κ1) is 32.6. The van der Waals surface area contributed by atoms with Gasteiger partial charge in [-0.25, -0.2) is 0 Å². The van der Waals surface area contributed by atoms with Gasteiger partial charge in [0.2, 0.25) is 0 Å². The summed E-state index contributed by atoms with van der Waals surface area (Å²) in [6, 6.07) is 0. The Morgan fingerprint density at radius 3 is 0.719 bits per heavy atom. The van der Waals surface area contributed by atoms with Crippen LogP contribution in [0.4, 0.5) is 0 Å². The van der Waals surface area contributed by atoms with E-state index in [1.807, 2.05) is 0 Å². The molecule has 0 amide bonds. The lowest BCUT2D eigenvalue weighted by Crippen LogP contribution is -2.66. The third kappa shape index (κ3) is 12.2. The van der Waals surface area contributed by atoms with Crippen molar-refractivity contribution in [2.75, 3.05) is 0 Å². The van der Waals surface area contributed by atoms with Crippen LogP contribution in [0.1, 0.15) is 0 Å². The molecule has 0 saturated heterocycles. The van der Waals surface area contributed by atoms with Crippen LogP contribution in [0.2, 0.25) is 0 Å². The Morgan fingerprint density at radius 1 is 0.375 bits per heavy atom. The lowest BCUT2D eigenvalue weighted by Gasteiger charge is -2.48. The molecule has 1 fully saturated rings. The summed E-state index contributed by atoms with van der Waals surface area (Å²) in [7, 11) is 0. The van der Waals surface area contributed by atoms with E-state index in [2.05, 4.69) is 59.0 Å². The molecule has 2 unspecified atom stereocenters. The van der Waals surface area contributed by atoms with Crippen LogP contribution in [0.3, 0.4) is 0 Å². The molecule has 11 N–H and O–H groups in total. The SMILES string of the molecule is OC1[C@@H](OP(O)(O)=S)[C@H](OP(O)(O)=S)C(OP(O)(O)=S)[C@H](OP(O)(O)=S)[C@H]1OP(O)(O)=S.